The second-order valence-electron chi connectivity index (χ2n) is 4.16. The highest BCUT2D eigenvalue weighted by molar-refractivity contribution is 5.80. The molecular formula is C14H18N. The van der Waals surface area contributed by atoms with Gasteiger partial charge in [0.15, 0.2) is 0 Å². The van der Waals surface area contributed by atoms with Crippen LogP contribution in [0, 0.1) is 0 Å². The maximum Gasteiger partial charge on any atom is 0.0708 e. The fraction of sp³-hybridized carbons (Fsp3) is 0.429. The monoisotopic (exact) mass is 200 g/mol. The van der Waals surface area contributed by atoms with E-state index < -0.39 is 0 Å². The standard InChI is InChI=1S/C14H18N/c1-3-4-5-9-13-11(2)12-8-6-7-10-14(12)15-13/h6-8,10H,3-5,9H2,1-2H3. The molecule has 1 aromatic rings. The summed E-state index contributed by atoms with van der Waals surface area (Å²) in [7, 11) is 0. The zero-order valence-corrected chi connectivity index (χ0v) is 9.59. The smallest absolute Gasteiger partial charge is 0.0708 e. The highest BCUT2D eigenvalue weighted by atomic mass is 14.9. The highest BCUT2D eigenvalue weighted by Gasteiger charge is 2.17. The van der Waals surface area contributed by atoms with Gasteiger partial charge < -0.3 is 0 Å². The number of unbranched alkanes of at least 4 members (excludes halogenated alkanes) is 2. The first kappa shape index (κ1) is 10.3. The molecule has 0 bridgehead atoms. The maximum absolute atomic E-state index is 4.68. The van der Waals surface area contributed by atoms with E-state index in [2.05, 4.69) is 43.4 Å². The molecule has 1 aromatic carbocycles. The lowest BCUT2D eigenvalue weighted by Crippen LogP contribution is -1.93. The lowest BCUT2D eigenvalue weighted by Gasteiger charge is -2.02. The first-order valence-corrected chi connectivity index (χ1v) is 5.84. The molecule has 0 unspecified atom stereocenters. The normalized spacial score (nSPS) is 14.0. The number of benzene rings is 1. The molecule has 79 valence electrons. The van der Waals surface area contributed by atoms with Gasteiger partial charge >= 0.3 is 0 Å². The molecule has 1 aliphatic rings. The van der Waals surface area contributed by atoms with Gasteiger partial charge in [0, 0.05) is 11.3 Å². The molecule has 0 aromatic heterocycles. The Morgan fingerprint density at radius 3 is 2.67 bits per heavy atom. The van der Waals surface area contributed by atoms with Crippen LogP contribution in [-0.4, -0.2) is 0 Å². The Labute approximate surface area is 92.2 Å². The van der Waals surface area contributed by atoms with Gasteiger partial charge in [0.2, 0.25) is 0 Å². The van der Waals surface area contributed by atoms with Crippen LogP contribution < -0.4 is 5.32 Å². The lowest BCUT2D eigenvalue weighted by atomic mass is 10.1. The Bertz CT molecular complexity index is 377. The van der Waals surface area contributed by atoms with Gasteiger partial charge in [-0.3, -0.25) is 5.32 Å². The SMILES string of the molecule is CCCCCC1=C(C)c2ccccc2[N]1. The molecule has 0 atom stereocenters. The third kappa shape index (κ3) is 2.06. The molecule has 0 N–H and O–H groups in total. The van der Waals surface area contributed by atoms with Crippen molar-refractivity contribution in [2.45, 2.75) is 39.5 Å². The number of rotatable bonds is 4. The van der Waals surface area contributed by atoms with Crippen molar-refractivity contribution in [3.63, 3.8) is 0 Å². The van der Waals surface area contributed by atoms with E-state index in [1.54, 1.807) is 0 Å². The Morgan fingerprint density at radius 1 is 1.13 bits per heavy atom. The van der Waals surface area contributed by atoms with E-state index in [4.69, 9.17) is 0 Å². The van der Waals surface area contributed by atoms with Crippen molar-refractivity contribution in [3.8, 4) is 0 Å². The topological polar surface area (TPSA) is 14.1 Å². The van der Waals surface area contributed by atoms with Gasteiger partial charge in [-0.05, 0) is 31.4 Å². The van der Waals surface area contributed by atoms with Crippen molar-refractivity contribution < 1.29 is 0 Å². The predicted octanol–water partition coefficient (Wildman–Crippen LogP) is 4.25. The summed E-state index contributed by atoms with van der Waals surface area (Å²) < 4.78 is 0. The average Bonchev–Trinajstić information content (AvgIpc) is 2.57. The minimum Gasteiger partial charge on any atom is -0.253 e. The zero-order valence-electron chi connectivity index (χ0n) is 9.59. The van der Waals surface area contributed by atoms with Crippen LogP contribution in [0.5, 0.6) is 0 Å². The van der Waals surface area contributed by atoms with Crippen LogP contribution in [0.15, 0.2) is 30.0 Å². The third-order valence-electron chi connectivity index (χ3n) is 3.01. The molecule has 15 heavy (non-hydrogen) atoms. The fourth-order valence-electron chi connectivity index (χ4n) is 2.06. The summed E-state index contributed by atoms with van der Waals surface area (Å²) in [5.41, 5.74) is 5.15. The molecule has 0 saturated carbocycles. The summed E-state index contributed by atoms with van der Waals surface area (Å²) in [6.07, 6.45) is 4.98. The molecule has 0 fully saturated rings. The summed E-state index contributed by atoms with van der Waals surface area (Å²) >= 11 is 0. The molecule has 0 saturated heterocycles. The van der Waals surface area contributed by atoms with E-state index in [1.165, 1.54) is 36.1 Å². The Kier molecular flexibility index (Phi) is 3.10. The van der Waals surface area contributed by atoms with E-state index >= 15 is 0 Å². The number of para-hydroxylation sites is 1. The summed E-state index contributed by atoms with van der Waals surface area (Å²) in [5.74, 6) is 0. The number of allylic oxidation sites excluding steroid dienone is 2. The van der Waals surface area contributed by atoms with Crippen molar-refractivity contribution in [1.82, 2.24) is 5.32 Å². The third-order valence-corrected chi connectivity index (χ3v) is 3.01. The quantitative estimate of drug-likeness (QED) is 0.645. The lowest BCUT2D eigenvalue weighted by molar-refractivity contribution is 0.699. The first-order valence-electron chi connectivity index (χ1n) is 5.84. The minimum absolute atomic E-state index is 1.13. The van der Waals surface area contributed by atoms with Crippen molar-refractivity contribution in [2.24, 2.45) is 0 Å². The summed E-state index contributed by atoms with van der Waals surface area (Å²) in [6.45, 7) is 4.43. The second-order valence-corrected chi connectivity index (χ2v) is 4.16. The van der Waals surface area contributed by atoms with Gasteiger partial charge in [-0.25, -0.2) is 0 Å². The Balaban J connectivity index is 2.08. The van der Waals surface area contributed by atoms with Gasteiger partial charge in [0.1, 0.15) is 0 Å². The van der Waals surface area contributed by atoms with Crippen molar-refractivity contribution in [2.75, 3.05) is 0 Å². The number of nitrogens with zero attached hydrogens (tertiary/aromatic N) is 1. The van der Waals surface area contributed by atoms with Crippen LogP contribution in [0.4, 0.5) is 5.69 Å². The van der Waals surface area contributed by atoms with Crippen molar-refractivity contribution >= 4 is 11.3 Å². The molecule has 1 aliphatic heterocycles. The molecule has 1 radical (unpaired) electrons. The first-order chi connectivity index (χ1) is 7.33. The maximum atomic E-state index is 4.68. The van der Waals surface area contributed by atoms with Gasteiger partial charge in [0.05, 0.1) is 5.69 Å². The van der Waals surface area contributed by atoms with E-state index in [1.807, 2.05) is 0 Å². The van der Waals surface area contributed by atoms with Gasteiger partial charge in [-0.1, -0.05) is 38.0 Å². The van der Waals surface area contributed by atoms with Crippen LogP contribution in [-0.2, 0) is 0 Å². The minimum atomic E-state index is 1.13. The number of fused-ring (bicyclic) bond motifs is 1. The van der Waals surface area contributed by atoms with Crippen molar-refractivity contribution in [1.29, 1.82) is 0 Å². The van der Waals surface area contributed by atoms with E-state index in [9.17, 15) is 0 Å². The van der Waals surface area contributed by atoms with E-state index in [-0.39, 0.29) is 0 Å². The van der Waals surface area contributed by atoms with Crippen LogP contribution in [0.1, 0.15) is 45.1 Å². The molecule has 0 aliphatic carbocycles. The largest absolute Gasteiger partial charge is 0.253 e. The summed E-state index contributed by atoms with van der Waals surface area (Å²) in [5, 5.41) is 4.68. The molecule has 2 rings (SSSR count). The second kappa shape index (κ2) is 4.52. The molecule has 0 spiro atoms. The van der Waals surface area contributed by atoms with Crippen LogP contribution >= 0.6 is 0 Å². The number of hydrogen-bond donors (Lipinski definition) is 0. The van der Waals surface area contributed by atoms with E-state index in [0.717, 1.165) is 12.1 Å². The molecule has 1 heterocycles. The zero-order chi connectivity index (χ0) is 10.7. The number of hydrogen-bond acceptors (Lipinski definition) is 0. The summed E-state index contributed by atoms with van der Waals surface area (Å²) in [4.78, 5) is 0. The molecular weight excluding hydrogens is 182 g/mol. The highest BCUT2D eigenvalue weighted by Crippen LogP contribution is 2.35. The van der Waals surface area contributed by atoms with Crippen LogP contribution in [0.3, 0.4) is 0 Å². The van der Waals surface area contributed by atoms with E-state index in [0.29, 0.717) is 0 Å². The average molecular weight is 200 g/mol. The van der Waals surface area contributed by atoms with Gasteiger partial charge in [-0.15, -0.1) is 0 Å². The predicted molar refractivity (Wildman–Crippen MR) is 65.0 cm³/mol. The summed E-state index contributed by atoms with van der Waals surface area (Å²) in [6, 6.07) is 8.42. The van der Waals surface area contributed by atoms with Crippen LogP contribution in [0.2, 0.25) is 0 Å². The molecule has 0 amide bonds. The fourth-order valence-corrected chi connectivity index (χ4v) is 2.06. The Hall–Kier alpha value is -1.24. The van der Waals surface area contributed by atoms with Crippen molar-refractivity contribution in [3.05, 3.63) is 35.5 Å². The molecule has 1 nitrogen and oxygen atoms in total. The Morgan fingerprint density at radius 2 is 1.93 bits per heavy atom. The van der Waals surface area contributed by atoms with Gasteiger partial charge in [-0.2, -0.15) is 0 Å². The molecule has 1 heteroatoms. The van der Waals surface area contributed by atoms with Crippen LogP contribution in [0.25, 0.3) is 5.57 Å². The van der Waals surface area contributed by atoms with Gasteiger partial charge in [0.25, 0.3) is 0 Å².